The van der Waals surface area contributed by atoms with Crippen molar-refractivity contribution in [1.29, 1.82) is 0 Å². The van der Waals surface area contributed by atoms with E-state index >= 15 is 0 Å². The molecule has 0 bridgehead atoms. The number of Topliss-reactive ketones (excluding diaryl/α,β-unsaturated/α-hetero) is 1. The fraction of sp³-hybridized carbons (Fsp3) is 0.167. The van der Waals surface area contributed by atoms with Gasteiger partial charge in [0, 0.05) is 10.9 Å². The van der Waals surface area contributed by atoms with Crippen LogP contribution in [0.25, 0.3) is 5.69 Å². The molecular formula is C12H9BrN2O. The fourth-order valence-corrected chi connectivity index (χ4v) is 2.50. The number of benzene rings is 1. The summed E-state index contributed by atoms with van der Waals surface area (Å²) in [6, 6.07) is 7.88. The highest BCUT2D eigenvalue weighted by molar-refractivity contribution is 9.10. The normalized spacial score (nSPS) is 14.2. The van der Waals surface area contributed by atoms with Gasteiger partial charge in [0.2, 0.25) is 0 Å². The average Bonchev–Trinajstić information content (AvgIpc) is 2.83. The van der Waals surface area contributed by atoms with Crippen LogP contribution in [0.3, 0.4) is 0 Å². The highest BCUT2D eigenvalue weighted by Crippen LogP contribution is 2.27. The molecule has 4 heteroatoms. The second-order valence-corrected chi connectivity index (χ2v) is 4.65. The molecule has 3 nitrogen and oxygen atoms in total. The molecule has 0 unspecified atom stereocenters. The fourth-order valence-electron chi connectivity index (χ4n) is 2.04. The lowest BCUT2D eigenvalue weighted by atomic mass is 10.2. The lowest BCUT2D eigenvalue weighted by molar-refractivity contribution is 0.0994. The zero-order valence-corrected chi connectivity index (χ0v) is 10.1. The van der Waals surface area contributed by atoms with Gasteiger partial charge in [0.05, 0.1) is 23.1 Å². The van der Waals surface area contributed by atoms with Gasteiger partial charge in [-0.25, -0.2) is 4.68 Å². The monoisotopic (exact) mass is 276 g/mol. The average molecular weight is 277 g/mol. The van der Waals surface area contributed by atoms with E-state index in [-0.39, 0.29) is 5.78 Å². The quantitative estimate of drug-likeness (QED) is 0.803. The van der Waals surface area contributed by atoms with E-state index in [2.05, 4.69) is 21.0 Å². The molecule has 16 heavy (non-hydrogen) atoms. The van der Waals surface area contributed by atoms with Gasteiger partial charge in [-0.05, 0) is 34.5 Å². The van der Waals surface area contributed by atoms with E-state index in [0.29, 0.717) is 6.42 Å². The Morgan fingerprint density at radius 1 is 1.25 bits per heavy atom. The van der Waals surface area contributed by atoms with E-state index in [0.717, 1.165) is 27.8 Å². The van der Waals surface area contributed by atoms with Crippen LogP contribution in [-0.4, -0.2) is 15.6 Å². The lowest BCUT2D eigenvalue weighted by Crippen LogP contribution is -2.01. The van der Waals surface area contributed by atoms with Gasteiger partial charge in [-0.3, -0.25) is 4.79 Å². The van der Waals surface area contributed by atoms with Crippen molar-refractivity contribution in [3.05, 3.63) is 46.2 Å². The Labute approximate surface area is 101 Å². The summed E-state index contributed by atoms with van der Waals surface area (Å²) in [4.78, 5) is 11.5. The molecule has 0 fully saturated rings. The highest BCUT2D eigenvalue weighted by Gasteiger charge is 2.25. The first-order valence-corrected chi connectivity index (χ1v) is 5.91. The molecule has 1 aliphatic carbocycles. The van der Waals surface area contributed by atoms with Gasteiger partial charge in [0.1, 0.15) is 0 Å². The number of para-hydroxylation sites is 1. The first kappa shape index (κ1) is 9.78. The van der Waals surface area contributed by atoms with Crippen LogP contribution in [0.15, 0.2) is 34.9 Å². The number of nitrogens with zero attached hydrogens (tertiary/aromatic N) is 2. The van der Waals surface area contributed by atoms with Crippen molar-refractivity contribution in [3.63, 3.8) is 0 Å². The topological polar surface area (TPSA) is 34.9 Å². The molecule has 0 atom stereocenters. The van der Waals surface area contributed by atoms with Crippen molar-refractivity contribution >= 4 is 21.7 Å². The van der Waals surface area contributed by atoms with Crippen LogP contribution >= 0.6 is 15.9 Å². The second-order valence-electron chi connectivity index (χ2n) is 3.79. The van der Waals surface area contributed by atoms with Crippen LogP contribution in [0.4, 0.5) is 0 Å². The minimum Gasteiger partial charge on any atom is -0.294 e. The highest BCUT2D eigenvalue weighted by atomic mass is 79.9. The number of carbonyl (C=O) groups excluding carboxylic acids is 1. The summed E-state index contributed by atoms with van der Waals surface area (Å²) in [5.74, 6) is 0.202. The van der Waals surface area contributed by atoms with Gasteiger partial charge < -0.3 is 0 Å². The van der Waals surface area contributed by atoms with Gasteiger partial charge in [-0.15, -0.1) is 0 Å². The van der Waals surface area contributed by atoms with E-state index < -0.39 is 0 Å². The maximum atomic E-state index is 11.5. The largest absolute Gasteiger partial charge is 0.294 e. The Morgan fingerprint density at radius 2 is 2.06 bits per heavy atom. The number of carbonyl (C=O) groups is 1. The number of halogens is 1. The number of fused-ring (bicyclic) bond motifs is 1. The zero-order chi connectivity index (χ0) is 11.1. The van der Waals surface area contributed by atoms with Gasteiger partial charge in [0.15, 0.2) is 5.78 Å². The van der Waals surface area contributed by atoms with Crippen LogP contribution in [0.5, 0.6) is 0 Å². The van der Waals surface area contributed by atoms with Crippen molar-refractivity contribution in [3.8, 4) is 5.69 Å². The van der Waals surface area contributed by atoms with Gasteiger partial charge in [-0.2, -0.15) is 5.10 Å². The maximum Gasteiger partial charge on any atom is 0.166 e. The molecule has 0 N–H and O–H groups in total. The van der Waals surface area contributed by atoms with Crippen LogP contribution in [0.1, 0.15) is 22.5 Å². The third-order valence-corrected chi connectivity index (χ3v) is 3.51. The predicted octanol–water partition coefficient (Wildman–Crippen LogP) is 2.76. The first-order chi connectivity index (χ1) is 7.77. The molecule has 3 rings (SSSR count). The maximum absolute atomic E-state index is 11.5. The molecule has 0 radical (unpaired) electrons. The molecule has 0 spiro atoms. The molecule has 0 amide bonds. The van der Waals surface area contributed by atoms with Crippen molar-refractivity contribution in [2.24, 2.45) is 0 Å². The van der Waals surface area contributed by atoms with Crippen LogP contribution in [0, 0.1) is 0 Å². The van der Waals surface area contributed by atoms with E-state index in [9.17, 15) is 4.79 Å². The standard InChI is InChI=1S/C12H9BrN2O/c13-9-3-1-2-4-11(9)15-10-5-6-12(16)8(10)7-14-15/h1-4,7H,5-6H2. The number of ketones is 1. The SMILES string of the molecule is O=C1CCc2c1cnn2-c1ccccc1Br. The number of rotatable bonds is 1. The summed E-state index contributed by atoms with van der Waals surface area (Å²) in [6.07, 6.45) is 3.07. The Hall–Kier alpha value is -1.42. The van der Waals surface area contributed by atoms with Crippen LogP contribution in [-0.2, 0) is 6.42 Å². The molecule has 1 aromatic heterocycles. The smallest absolute Gasteiger partial charge is 0.166 e. The van der Waals surface area contributed by atoms with Crippen LogP contribution in [0.2, 0.25) is 0 Å². The van der Waals surface area contributed by atoms with Crippen molar-refractivity contribution in [2.45, 2.75) is 12.8 Å². The predicted molar refractivity (Wildman–Crippen MR) is 63.9 cm³/mol. The van der Waals surface area contributed by atoms with Crippen molar-refractivity contribution < 1.29 is 4.79 Å². The summed E-state index contributed by atoms with van der Waals surface area (Å²) >= 11 is 3.50. The van der Waals surface area contributed by atoms with Gasteiger partial charge >= 0.3 is 0 Å². The summed E-state index contributed by atoms with van der Waals surface area (Å²) in [6.45, 7) is 0. The Morgan fingerprint density at radius 3 is 2.88 bits per heavy atom. The molecule has 1 heterocycles. The Kier molecular flexibility index (Phi) is 2.17. The van der Waals surface area contributed by atoms with Crippen LogP contribution < -0.4 is 0 Å². The number of aromatic nitrogens is 2. The minimum atomic E-state index is 0.202. The lowest BCUT2D eigenvalue weighted by Gasteiger charge is -2.06. The molecule has 0 saturated carbocycles. The number of hydrogen-bond donors (Lipinski definition) is 0. The minimum absolute atomic E-state index is 0.202. The third kappa shape index (κ3) is 1.33. The molecule has 80 valence electrons. The second kappa shape index (κ2) is 3.56. The molecule has 0 aliphatic heterocycles. The summed E-state index contributed by atoms with van der Waals surface area (Å²) < 4.78 is 2.84. The Bertz CT molecular complexity index is 574. The van der Waals surface area contributed by atoms with E-state index in [1.54, 1.807) is 6.20 Å². The van der Waals surface area contributed by atoms with E-state index in [4.69, 9.17) is 0 Å². The van der Waals surface area contributed by atoms with E-state index in [1.165, 1.54) is 0 Å². The third-order valence-electron chi connectivity index (χ3n) is 2.84. The first-order valence-electron chi connectivity index (χ1n) is 5.12. The van der Waals surface area contributed by atoms with Gasteiger partial charge in [-0.1, -0.05) is 12.1 Å². The van der Waals surface area contributed by atoms with Gasteiger partial charge in [0.25, 0.3) is 0 Å². The molecular weight excluding hydrogens is 268 g/mol. The molecule has 1 aliphatic rings. The summed E-state index contributed by atoms with van der Waals surface area (Å²) in [5, 5.41) is 4.29. The summed E-state index contributed by atoms with van der Waals surface area (Å²) in [7, 11) is 0. The molecule has 2 aromatic rings. The number of hydrogen-bond acceptors (Lipinski definition) is 2. The molecule has 1 aromatic carbocycles. The van der Waals surface area contributed by atoms with E-state index in [1.807, 2.05) is 28.9 Å². The Balaban J connectivity index is 2.19. The van der Waals surface area contributed by atoms with Crippen molar-refractivity contribution in [2.75, 3.05) is 0 Å². The summed E-state index contributed by atoms with van der Waals surface area (Å²) in [5.41, 5.74) is 2.78. The molecule has 0 saturated heterocycles. The zero-order valence-electron chi connectivity index (χ0n) is 8.48. The van der Waals surface area contributed by atoms with Crippen molar-refractivity contribution in [1.82, 2.24) is 9.78 Å².